The maximum Gasteiger partial charge on any atom is 0.0462 e. The van der Waals surface area contributed by atoms with Gasteiger partial charge < -0.3 is 10.5 Å². The summed E-state index contributed by atoms with van der Waals surface area (Å²) in [7, 11) is 1.78. The number of hydrogen-bond donors (Lipinski definition) is 1. The normalized spacial score (nSPS) is 28.2. The largest absolute Gasteiger partial charge is 0.385 e. The van der Waals surface area contributed by atoms with E-state index in [0.29, 0.717) is 0 Å². The summed E-state index contributed by atoms with van der Waals surface area (Å²) in [4.78, 5) is 0. The van der Waals surface area contributed by atoms with Crippen LogP contribution in [0.3, 0.4) is 0 Å². The fraction of sp³-hybridized carbons (Fsp3) is 1.00. The predicted octanol–water partition coefficient (Wildman–Crippen LogP) is 2.18. The highest BCUT2D eigenvalue weighted by atomic mass is 16.5. The quantitative estimate of drug-likeness (QED) is 0.644. The first kappa shape index (κ1) is 11.0. The van der Waals surface area contributed by atoms with Crippen molar-refractivity contribution in [2.24, 2.45) is 17.6 Å². The summed E-state index contributed by atoms with van der Waals surface area (Å²) >= 11 is 0. The van der Waals surface area contributed by atoms with E-state index in [-0.39, 0.29) is 0 Å². The summed E-state index contributed by atoms with van der Waals surface area (Å²) < 4.78 is 5.04. The van der Waals surface area contributed by atoms with Crippen molar-refractivity contribution in [2.45, 2.75) is 38.5 Å². The van der Waals surface area contributed by atoms with Gasteiger partial charge in [-0.3, -0.25) is 0 Å². The van der Waals surface area contributed by atoms with E-state index in [1.54, 1.807) is 7.11 Å². The lowest BCUT2D eigenvalue weighted by Crippen LogP contribution is -2.18. The van der Waals surface area contributed by atoms with Gasteiger partial charge in [-0.15, -0.1) is 0 Å². The average molecular weight is 185 g/mol. The highest BCUT2D eigenvalue weighted by Crippen LogP contribution is 2.34. The molecular weight excluding hydrogens is 162 g/mol. The highest BCUT2D eigenvalue weighted by molar-refractivity contribution is 4.77. The van der Waals surface area contributed by atoms with Gasteiger partial charge in [0.1, 0.15) is 0 Å². The molecule has 0 bridgehead atoms. The molecule has 13 heavy (non-hydrogen) atoms. The molecule has 2 nitrogen and oxygen atoms in total. The lowest BCUT2D eigenvalue weighted by atomic mass is 9.91. The smallest absolute Gasteiger partial charge is 0.0462 e. The van der Waals surface area contributed by atoms with E-state index < -0.39 is 0 Å². The predicted molar refractivity (Wildman–Crippen MR) is 55.6 cm³/mol. The third-order valence-electron chi connectivity index (χ3n) is 3.29. The van der Waals surface area contributed by atoms with Crippen LogP contribution in [0.5, 0.6) is 0 Å². The summed E-state index contributed by atoms with van der Waals surface area (Å²) in [5, 5.41) is 0. The molecule has 1 aliphatic carbocycles. The Labute approximate surface area is 81.8 Å². The zero-order valence-corrected chi connectivity index (χ0v) is 8.80. The molecule has 0 radical (unpaired) electrons. The molecule has 0 saturated heterocycles. The number of nitrogens with two attached hydrogens (primary N) is 1. The molecule has 1 rings (SSSR count). The van der Waals surface area contributed by atoms with Gasteiger partial charge in [0.2, 0.25) is 0 Å². The number of unbranched alkanes of at least 4 members (excludes halogenated alkanes) is 1. The molecule has 0 aromatic heterocycles. The first-order valence-electron chi connectivity index (χ1n) is 5.57. The molecule has 0 aliphatic heterocycles. The van der Waals surface area contributed by atoms with Crippen LogP contribution in [0.25, 0.3) is 0 Å². The minimum Gasteiger partial charge on any atom is -0.385 e. The molecule has 1 fully saturated rings. The Morgan fingerprint density at radius 2 is 2.00 bits per heavy atom. The maximum absolute atomic E-state index is 5.73. The number of methoxy groups -OCH3 is 1. The van der Waals surface area contributed by atoms with Crippen LogP contribution in [0.2, 0.25) is 0 Å². The van der Waals surface area contributed by atoms with Crippen LogP contribution in [-0.2, 0) is 4.74 Å². The molecular formula is C11H23NO. The molecule has 0 aromatic carbocycles. The minimum atomic E-state index is 0.822. The van der Waals surface area contributed by atoms with Crippen molar-refractivity contribution in [1.29, 1.82) is 0 Å². The van der Waals surface area contributed by atoms with Gasteiger partial charge in [-0.2, -0.15) is 0 Å². The van der Waals surface area contributed by atoms with Crippen LogP contribution in [-0.4, -0.2) is 20.3 Å². The molecule has 78 valence electrons. The molecule has 0 amide bonds. The summed E-state index contributed by atoms with van der Waals surface area (Å²) in [6, 6.07) is 0. The SMILES string of the molecule is COCCCCC1CCCC1CN. The molecule has 2 atom stereocenters. The number of ether oxygens (including phenoxy) is 1. The van der Waals surface area contributed by atoms with Gasteiger partial charge in [0.15, 0.2) is 0 Å². The third-order valence-corrected chi connectivity index (χ3v) is 3.29. The Morgan fingerprint density at radius 3 is 2.69 bits per heavy atom. The van der Waals surface area contributed by atoms with Gasteiger partial charge in [0, 0.05) is 13.7 Å². The van der Waals surface area contributed by atoms with Crippen LogP contribution in [0.15, 0.2) is 0 Å². The first-order valence-corrected chi connectivity index (χ1v) is 5.57. The van der Waals surface area contributed by atoms with Crippen LogP contribution in [0, 0.1) is 11.8 Å². The topological polar surface area (TPSA) is 35.2 Å². The lowest BCUT2D eigenvalue weighted by molar-refractivity contribution is 0.188. The van der Waals surface area contributed by atoms with E-state index in [4.69, 9.17) is 10.5 Å². The molecule has 0 heterocycles. The molecule has 1 saturated carbocycles. The molecule has 1 aliphatic rings. The van der Waals surface area contributed by atoms with E-state index in [2.05, 4.69) is 0 Å². The highest BCUT2D eigenvalue weighted by Gasteiger charge is 2.24. The second-order valence-electron chi connectivity index (χ2n) is 4.18. The maximum atomic E-state index is 5.73. The fourth-order valence-corrected chi connectivity index (χ4v) is 2.46. The Hall–Kier alpha value is -0.0800. The average Bonchev–Trinajstić information content (AvgIpc) is 2.60. The zero-order valence-electron chi connectivity index (χ0n) is 8.80. The van der Waals surface area contributed by atoms with Crippen LogP contribution < -0.4 is 5.73 Å². The Balaban J connectivity index is 2.06. The molecule has 2 N–H and O–H groups in total. The van der Waals surface area contributed by atoms with Crippen LogP contribution >= 0.6 is 0 Å². The van der Waals surface area contributed by atoms with Gasteiger partial charge in [0.25, 0.3) is 0 Å². The Bertz CT molecular complexity index is 127. The van der Waals surface area contributed by atoms with Crippen molar-refractivity contribution < 1.29 is 4.74 Å². The molecule has 2 unspecified atom stereocenters. The van der Waals surface area contributed by atoms with Gasteiger partial charge in [0.05, 0.1) is 0 Å². The van der Waals surface area contributed by atoms with E-state index in [0.717, 1.165) is 25.0 Å². The van der Waals surface area contributed by atoms with Crippen LogP contribution in [0.1, 0.15) is 38.5 Å². The summed E-state index contributed by atoms with van der Waals surface area (Å²) in [6.45, 7) is 1.81. The van der Waals surface area contributed by atoms with Crippen molar-refractivity contribution in [1.82, 2.24) is 0 Å². The summed E-state index contributed by atoms with van der Waals surface area (Å²) in [5.41, 5.74) is 5.73. The Kier molecular flexibility index (Phi) is 5.40. The molecule has 2 heteroatoms. The van der Waals surface area contributed by atoms with Crippen molar-refractivity contribution in [2.75, 3.05) is 20.3 Å². The van der Waals surface area contributed by atoms with Gasteiger partial charge >= 0.3 is 0 Å². The van der Waals surface area contributed by atoms with E-state index in [1.807, 2.05) is 0 Å². The second-order valence-corrected chi connectivity index (χ2v) is 4.18. The fourth-order valence-electron chi connectivity index (χ4n) is 2.46. The standard InChI is InChI=1S/C11H23NO/c1-13-8-3-2-5-10-6-4-7-11(10)9-12/h10-11H,2-9,12H2,1H3. The molecule has 0 spiro atoms. The van der Waals surface area contributed by atoms with Gasteiger partial charge in [-0.1, -0.05) is 25.7 Å². The number of rotatable bonds is 6. The van der Waals surface area contributed by atoms with Crippen molar-refractivity contribution >= 4 is 0 Å². The monoisotopic (exact) mass is 185 g/mol. The van der Waals surface area contributed by atoms with E-state index in [1.165, 1.54) is 38.5 Å². The van der Waals surface area contributed by atoms with Crippen LogP contribution in [0.4, 0.5) is 0 Å². The lowest BCUT2D eigenvalue weighted by Gasteiger charge is -2.17. The summed E-state index contributed by atoms with van der Waals surface area (Å²) in [6.07, 6.45) is 8.07. The molecule has 0 aromatic rings. The first-order chi connectivity index (χ1) is 6.38. The zero-order chi connectivity index (χ0) is 9.52. The van der Waals surface area contributed by atoms with E-state index in [9.17, 15) is 0 Å². The third kappa shape index (κ3) is 3.65. The minimum absolute atomic E-state index is 0.822. The van der Waals surface area contributed by atoms with Crippen molar-refractivity contribution in [3.63, 3.8) is 0 Å². The number of hydrogen-bond acceptors (Lipinski definition) is 2. The Morgan fingerprint density at radius 1 is 1.23 bits per heavy atom. The van der Waals surface area contributed by atoms with Gasteiger partial charge in [-0.05, 0) is 31.2 Å². The van der Waals surface area contributed by atoms with Crippen molar-refractivity contribution in [3.05, 3.63) is 0 Å². The van der Waals surface area contributed by atoms with Gasteiger partial charge in [-0.25, -0.2) is 0 Å². The second kappa shape index (κ2) is 6.39. The van der Waals surface area contributed by atoms with Crippen molar-refractivity contribution in [3.8, 4) is 0 Å². The summed E-state index contributed by atoms with van der Waals surface area (Å²) in [5.74, 6) is 1.74. The van der Waals surface area contributed by atoms with E-state index >= 15 is 0 Å².